The molecule has 3 fully saturated rings. The van der Waals surface area contributed by atoms with E-state index in [1.807, 2.05) is 18.2 Å². The SMILES string of the molecule is CC1(C)CCC(CN2CCN(c3ccc(C(=O)NS(=O)(=O)C4C=CC(NCC5CCC6(CC5)COC6)([N+](=O)[O-])C([N+](=O)[O-])=C4)c(Oc4cnc5[nH]ccc5c4)c3)CC2)=C(c2ccc(Cl)cc2)C1. The zero-order valence-corrected chi connectivity index (χ0v) is 39.1. The Kier molecular flexibility index (Phi) is 12.8. The number of anilines is 1. The van der Waals surface area contributed by atoms with Gasteiger partial charge < -0.3 is 19.4 Å². The molecule has 1 saturated carbocycles. The van der Waals surface area contributed by atoms with Crippen LogP contribution in [0.4, 0.5) is 5.69 Å². The van der Waals surface area contributed by atoms with Crippen molar-refractivity contribution in [3.63, 3.8) is 0 Å². The normalized spacial score (nSPS) is 23.2. The molecule has 3 aliphatic carbocycles. The van der Waals surface area contributed by atoms with Crippen LogP contribution in [-0.4, -0.2) is 102 Å². The zero-order valence-electron chi connectivity index (χ0n) is 37.5. The van der Waals surface area contributed by atoms with Gasteiger partial charge in [-0.05, 0) is 104 Å². The number of nitrogens with one attached hydrogen (secondary N) is 3. The molecule has 4 aromatic rings. The van der Waals surface area contributed by atoms with E-state index < -0.39 is 42.4 Å². The summed E-state index contributed by atoms with van der Waals surface area (Å²) in [5.74, 6) is -0.662. The molecule has 5 aliphatic rings. The van der Waals surface area contributed by atoms with E-state index in [4.69, 9.17) is 21.1 Å². The number of benzene rings is 2. The van der Waals surface area contributed by atoms with Gasteiger partial charge in [-0.15, -0.1) is 0 Å². The molecular weight excluding hydrogens is 900 g/mol. The number of piperazine rings is 1. The number of ether oxygens (including phenoxy) is 2. The standard InChI is InChI=1S/C48H55ClN8O9S/c1-46(2)14-11-35(41(26-46)33-3-5-36(49)6-4-33)29-54-19-21-55(22-20-54)37-7-8-40(42(24-37)66-38-23-34-13-18-50-44(34)51-28-38)45(58)53-67(63,64)39-12-17-48(57(61)62,43(25-39)56(59)60)52-27-32-9-15-47(16-10-32)30-65-31-47/h3-8,12-13,17-18,23-25,28,32,39,52H,9-11,14-16,19-22,26-27,29-31H2,1-2H3,(H,50,51)(H,53,58). The molecular formula is C48H55ClN8O9S. The van der Waals surface area contributed by atoms with E-state index in [0.717, 1.165) is 93.9 Å². The highest BCUT2D eigenvalue weighted by Crippen LogP contribution is 2.45. The molecule has 354 valence electrons. The van der Waals surface area contributed by atoms with Gasteiger partial charge in [-0.25, -0.2) is 23.4 Å². The molecule has 2 aliphatic heterocycles. The summed E-state index contributed by atoms with van der Waals surface area (Å²) < 4.78 is 41.6. The first-order valence-electron chi connectivity index (χ1n) is 22.8. The van der Waals surface area contributed by atoms with E-state index in [9.17, 15) is 33.4 Å². The number of nitro groups is 2. The second-order valence-corrected chi connectivity index (χ2v) is 21.8. The highest BCUT2D eigenvalue weighted by Gasteiger charge is 2.56. The number of carbonyl (C=O) groups excluding carboxylic acids is 1. The van der Waals surface area contributed by atoms with Crippen LogP contribution in [0.2, 0.25) is 5.02 Å². The van der Waals surface area contributed by atoms with Crippen molar-refractivity contribution in [1.82, 2.24) is 24.9 Å². The third-order valence-corrected chi connectivity index (χ3v) is 16.0. The molecule has 1 spiro atoms. The Labute approximate surface area is 394 Å². The molecule has 17 nitrogen and oxygen atoms in total. The highest BCUT2D eigenvalue weighted by molar-refractivity contribution is 7.91. The van der Waals surface area contributed by atoms with Crippen LogP contribution in [0.1, 0.15) is 74.7 Å². The van der Waals surface area contributed by atoms with Crippen LogP contribution in [0, 0.1) is 37.0 Å². The van der Waals surface area contributed by atoms with E-state index in [-0.39, 0.29) is 34.6 Å². The number of H-pyrrole nitrogens is 1. The summed E-state index contributed by atoms with van der Waals surface area (Å²) in [5, 5.41) is 27.5. The van der Waals surface area contributed by atoms with Crippen molar-refractivity contribution in [3.05, 3.63) is 133 Å². The van der Waals surface area contributed by atoms with E-state index in [0.29, 0.717) is 42.7 Å². The summed E-state index contributed by atoms with van der Waals surface area (Å²) in [6.07, 6.45) is 12.3. The van der Waals surface area contributed by atoms with Crippen LogP contribution in [-0.2, 0) is 14.8 Å². The van der Waals surface area contributed by atoms with Gasteiger partial charge >= 0.3 is 11.4 Å². The van der Waals surface area contributed by atoms with Crippen LogP contribution < -0.4 is 19.7 Å². The number of aromatic nitrogens is 2. The number of allylic oxidation sites excluding steroid dienone is 1. The number of sulfonamides is 1. The summed E-state index contributed by atoms with van der Waals surface area (Å²) in [6, 6.07) is 16.6. The number of amides is 1. The lowest BCUT2D eigenvalue weighted by atomic mass is 9.69. The molecule has 9 rings (SSSR count). The Hall–Kier alpha value is -5.66. The van der Waals surface area contributed by atoms with Gasteiger partial charge in [-0.3, -0.25) is 29.9 Å². The van der Waals surface area contributed by atoms with Crippen molar-refractivity contribution in [2.24, 2.45) is 16.7 Å². The molecule has 0 bridgehead atoms. The van der Waals surface area contributed by atoms with Crippen molar-refractivity contribution in [2.45, 2.75) is 69.7 Å². The van der Waals surface area contributed by atoms with Gasteiger partial charge in [-0.2, -0.15) is 0 Å². The van der Waals surface area contributed by atoms with E-state index in [1.54, 1.807) is 24.4 Å². The molecule has 2 saturated heterocycles. The Morgan fingerprint density at radius 3 is 2.45 bits per heavy atom. The summed E-state index contributed by atoms with van der Waals surface area (Å²) in [6.45, 7) is 9.93. The first kappa shape index (κ1) is 46.5. The number of pyridine rings is 1. The van der Waals surface area contributed by atoms with Crippen molar-refractivity contribution < 1.29 is 32.5 Å². The molecule has 2 aromatic carbocycles. The molecule has 4 heterocycles. The zero-order chi connectivity index (χ0) is 47.1. The summed E-state index contributed by atoms with van der Waals surface area (Å²) >= 11 is 6.24. The monoisotopic (exact) mass is 954 g/mol. The van der Waals surface area contributed by atoms with E-state index >= 15 is 0 Å². The van der Waals surface area contributed by atoms with E-state index in [1.165, 1.54) is 29.0 Å². The van der Waals surface area contributed by atoms with E-state index in [2.05, 4.69) is 55.8 Å². The fourth-order valence-electron chi connectivity index (χ4n) is 10.1. The van der Waals surface area contributed by atoms with Gasteiger partial charge in [0.2, 0.25) is 10.0 Å². The molecule has 2 atom stereocenters. The fraction of sp³-hybridized carbons (Fsp3) is 0.458. The number of nitrogens with zero attached hydrogens (tertiary/aromatic N) is 5. The summed E-state index contributed by atoms with van der Waals surface area (Å²) in [4.78, 5) is 49.4. The van der Waals surface area contributed by atoms with Crippen LogP contribution in [0.3, 0.4) is 0 Å². The van der Waals surface area contributed by atoms with Crippen LogP contribution in [0.5, 0.6) is 11.5 Å². The minimum absolute atomic E-state index is 0.0327. The number of rotatable bonds is 14. The van der Waals surface area contributed by atoms with Gasteiger partial charge in [0.1, 0.15) is 22.4 Å². The molecule has 2 unspecified atom stereocenters. The Morgan fingerprint density at radius 1 is 1.01 bits per heavy atom. The third kappa shape index (κ3) is 9.86. The fourth-order valence-corrected chi connectivity index (χ4v) is 11.3. The predicted octanol–water partition coefficient (Wildman–Crippen LogP) is 7.72. The van der Waals surface area contributed by atoms with Crippen molar-refractivity contribution in [2.75, 3.05) is 57.4 Å². The van der Waals surface area contributed by atoms with Gasteiger partial charge in [0.05, 0.1) is 34.8 Å². The quantitative estimate of drug-likeness (QED) is 0.0478. The highest BCUT2D eigenvalue weighted by atomic mass is 35.5. The summed E-state index contributed by atoms with van der Waals surface area (Å²) in [5.41, 5.74) is 2.22. The lowest BCUT2D eigenvalue weighted by Gasteiger charge is -2.46. The second-order valence-electron chi connectivity index (χ2n) is 19.5. The Morgan fingerprint density at radius 2 is 1.76 bits per heavy atom. The largest absolute Gasteiger partial charge is 0.455 e. The number of fused-ring (bicyclic) bond motifs is 1. The molecule has 2 aromatic heterocycles. The minimum Gasteiger partial charge on any atom is -0.455 e. The lowest BCUT2D eigenvalue weighted by molar-refractivity contribution is -0.591. The van der Waals surface area contributed by atoms with Gasteiger partial charge in [-0.1, -0.05) is 49.2 Å². The second kappa shape index (κ2) is 18.4. The molecule has 3 N–H and O–H groups in total. The average Bonchev–Trinajstić information content (AvgIpc) is 3.77. The number of halogens is 1. The maximum Gasteiger partial charge on any atom is 0.382 e. The Bertz CT molecular complexity index is 2770. The topological polar surface area (TPSA) is 215 Å². The van der Waals surface area contributed by atoms with Crippen LogP contribution >= 0.6 is 11.6 Å². The van der Waals surface area contributed by atoms with Gasteiger partial charge in [0.25, 0.3) is 5.91 Å². The minimum atomic E-state index is -4.74. The van der Waals surface area contributed by atoms with Crippen molar-refractivity contribution in [1.29, 1.82) is 0 Å². The average molecular weight is 956 g/mol. The smallest absolute Gasteiger partial charge is 0.382 e. The molecule has 67 heavy (non-hydrogen) atoms. The maximum atomic E-state index is 14.1. The Balaban J connectivity index is 0.919. The first-order valence-corrected chi connectivity index (χ1v) is 24.7. The molecule has 0 radical (unpaired) electrons. The lowest BCUT2D eigenvalue weighted by Crippen LogP contribution is -2.57. The number of carbonyl (C=O) groups is 1. The van der Waals surface area contributed by atoms with Crippen LogP contribution in [0.25, 0.3) is 16.6 Å². The molecule has 19 heteroatoms. The number of hydrogen-bond acceptors (Lipinski definition) is 13. The van der Waals surface area contributed by atoms with Gasteiger partial charge in [0, 0.05) is 85.2 Å². The third-order valence-electron chi connectivity index (χ3n) is 14.3. The van der Waals surface area contributed by atoms with Crippen molar-refractivity contribution in [3.8, 4) is 11.5 Å². The molecule has 1 amide bonds. The predicted molar refractivity (Wildman–Crippen MR) is 255 cm³/mol. The number of hydrogen-bond donors (Lipinski definition) is 3. The number of aromatic amines is 1. The summed E-state index contributed by atoms with van der Waals surface area (Å²) in [7, 11) is -4.74. The van der Waals surface area contributed by atoms with Gasteiger partial charge in [0.15, 0.2) is 0 Å². The van der Waals surface area contributed by atoms with Crippen molar-refractivity contribution >= 4 is 49.8 Å². The van der Waals surface area contributed by atoms with Crippen LogP contribution in [0.15, 0.2) is 96.5 Å². The maximum absolute atomic E-state index is 14.1. The first-order chi connectivity index (χ1) is 32.0.